The summed E-state index contributed by atoms with van der Waals surface area (Å²) in [6.07, 6.45) is 0.146. The Morgan fingerprint density at radius 1 is 1.16 bits per heavy atom. The molecule has 2 aromatic carbocycles. The van der Waals surface area contributed by atoms with Gasteiger partial charge < -0.3 is 5.73 Å². The van der Waals surface area contributed by atoms with E-state index in [9.17, 15) is 9.18 Å². The molecule has 0 heterocycles. The van der Waals surface area contributed by atoms with Gasteiger partial charge in [-0.15, -0.1) is 0 Å². The Labute approximate surface area is 127 Å². The SMILES string of the molecule is Nc1ccc(C(=O)Cc2cc(F)cc(Br)c2)cc1Br. The molecule has 19 heavy (non-hydrogen) atoms. The van der Waals surface area contributed by atoms with Gasteiger partial charge in [-0.3, -0.25) is 4.79 Å². The van der Waals surface area contributed by atoms with Crippen LogP contribution >= 0.6 is 31.9 Å². The van der Waals surface area contributed by atoms with Gasteiger partial charge in [0.25, 0.3) is 0 Å². The lowest BCUT2D eigenvalue weighted by molar-refractivity contribution is 0.0993. The number of halogens is 3. The van der Waals surface area contributed by atoms with Crippen LogP contribution in [0.3, 0.4) is 0 Å². The van der Waals surface area contributed by atoms with Crippen molar-refractivity contribution in [3.8, 4) is 0 Å². The van der Waals surface area contributed by atoms with Gasteiger partial charge in [-0.2, -0.15) is 0 Å². The Hall–Kier alpha value is -1.20. The number of Topliss-reactive ketones (excluding diaryl/α,β-unsaturated/α-hetero) is 1. The molecule has 0 unspecified atom stereocenters. The topological polar surface area (TPSA) is 43.1 Å². The van der Waals surface area contributed by atoms with Crippen LogP contribution in [-0.2, 0) is 6.42 Å². The van der Waals surface area contributed by atoms with Crippen molar-refractivity contribution in [3.05, 3.63) is 62.3 Å². The van der Waals surface area contributed by atoms with Crippen molar-refractivity contribution in [2.75, 3.05) is 5.73 Å². The number of carbonyl (C=O) groups is 1. The maximum atomic E-state index is 13.2. The fourth-order valence-electron chi connectivity index (χ4n) is 1.70. The van der Waals surface area contributed by atoms with Crippen molar-refractivity contribution < 1.29 is 9.18 Å². The van der Waals surface area contributed by atoms with Crippen molar-refractivity contribution in [1.82, 2.24) is 0 Å². The van der Waals surface area contributed by atoms with Gasteiger partial charge >= 0.3 is 0 Å². The van der Waals surface area contributed by atoms with Crippen LogP contribution in [0.15, 0.2) is 45.3 Å². The summed E-state index contributed by atoms with van der Waals surface area (Å²) in [5.41, 5.74) is 7.41. The van der Waals surface area contributed by atoms with E-state index >= 15 is 0 Å². The minimum Gasteiger partial charge on any atom is -0.398 e. The van der Waals surface area contributed by atoms with Gasteiger partial charge in [-0.25, -0.2) is 4.39 Å². The van der Waals surface area contributed by atoms with E-state index in [1.54, 1.807) is 24.3 Å². The smallest absolute Gasteiger partial charge is 0.167 e. The first-order valence-corrected chi connectivity index (χ1v) is 7.07. The van der Waals surface area contributed by atoms with Crippen LogP contribution in [-0.4, -0.2) is 5.78 Å². The number of nitrogens with two attached hydrogens (primary N) is 1. The quantitative estimate of drug-likeness (QED) is 0.629. The number of anilines is 1. The Balaban J connectivity index is 2.22. The average Bonchev–Trinajstić information content (AvgIpc) is 2.31. The highest BCUT2D eigenvalue weighted by Crippen LogP contribution is 2.22. The molecule has 0 fully saturated rings. The Kier molecular flexibility index (Phi) is 4.37. The van der Waals surface area contributed by atoms with Gasteiger partial charge in [-0.1, -0.05) is 15.9 Å². The third kappa shape index (κ3) is 3.64. The van der Waals surface area contributed by atoms with Crippen LogP contribution in [0.25, 0.3) is 0 Å². The highest BCUT2D eigenvalue weighted by atomic mass is 79.9. The molecule has 0 amide bonds. The second kappa shape index (κ2) is 5.84. The first kappa shape index (κ1) is 14.2. The standard InChI is InChI=1S/C14H10Br2FNO/c15-10-3-8(4-11(17)7-10)5-14(19)9-1-2-13(18)12(16)6-9/h1-4,6-7H,5,18H2. The fourth-order valence-corrected chi connectivity index (χ4v) is 2.59. The van der Waals surface area contributed by atoms with E-state index in [0.717, 1.165) is 0 Å². The fraction of sp³-hybridized carbons (Fsp3) is 0.0714. The number of carbonyl (C=O) groups excluding carboxylic acids is 1. The molecule has 0 aliphatic heterocycles. The molecule has 0 radical (unpaired) electrons. The van der Waals surface area contributed by atoms with Gasteiger partial charge in [0.1, 0.15) is 5.82 Å². The third-order valence-electron chi connectivity index (χ3n) is 2.61. The largest absolute Gasteiger partial charge is 0.398 e. The predicted octanol–water partition coefficient (Wildman–Crippen LogP) is 4.36. The molecule has 2 rings (SSSR count). The highest BCUT2D eigenvalue weighted by Gasteiger charge is 2.10. The van der Waals surface area contributed by atoms with E-state index in [-0.39, 0.29) is 18.0 Å². The second-order valence-electron chi connectivity index (χ2n) is 4.11. The highest BCUT2D eigenvalue weighted by molar-refractivity contribution is 9.10. The summed E-state index contributed by atoms with van der Waals surface area (Å²) in [4.78, 5) is 12.1. The Bertz CT molecular complexity index is 623. The third-order valence-corrected chi connectivity index (χ3v) is 3.75. The molecular weight excluding hydrogens is 377 g/mol. The second-order valence-corrected chi connectivity index (χ2v) is 5.88. The number of hydrogen-bond donors (Lipinski definition) is 1. The maximum absolute atomic E-state index is 13.2. The summed E-state index contributed by atoms with van der Waals surface area (Å²) < 4.78 is 14.5. The summed E-state index contributed by atoms with van der Waals surface area (Å²) in [7, 11) is 0. The average molecular weight is 387 g/mol. The van der Waals surface area contributed by atoms with E-state index in [0.29, 0.717) is 25.8 Å². The molecule has 2 nitrogen and oxygen atoms in total. The minimum absolute atomic E-state index is 0.0850. The van der Waals surface area contributed by atoms with Crippen molar-refractivity contribution in [1.29, 1.82) is 0 Å². The molecule has 2 aromatic rings. The normalized spacial score (nSPS) is 10.5. The monoisotopic (exact) mass is 385 g/mol. The lowest BCUT2D eigenvalue weighted by atomic mass is 10.0. The van der Waals surface area contributed by atoms with E-state index in [1.165, 1.54) is 12.1 Å². The summed E-state index contributed by atoms with van der Waals surface area (Å²) in [5, 5.41) is 0. The van der Waals surface area contributed by atoms with E-state index < -0.39 is 0 Å². The molecule has 0 saturated heterocycles. The number of benzene rings is 2. The van der Waals surface area contributed by atoms with Gasteiger partial charge in [0.2, 0.25) is 0 Å². The van der Waals surface area contributed by atoms with E-state index in [2.05, 4.69) is 31.9 Å². The number of rotatable bonds is 3. The summed E-state index contributed by atoms with van der Waals surface area (Å²) in [5.74, 6) is -0.450. The molecule has 2 N–H and O–H groups in total. The molecule has 0 aromatic heterocycles. The van der Waals surface area contributed by atoms with E-state index in [1.807, 2.05) is 0 Å². The molecule has 0 aliphatic carbocycles. The Morgan fingerprint density at radius 2 is 1.89 bits per heavy atom. The zero-order chi connectivity index (χ0) is 14.0. The van der Waals surface area contributed by atoms with Crippen LogP contribution in [0.2, 0.25) is 0 Å². The zero-order valence-corrected chi connectivity index (χ0v) is 13.0. The van der Waals surface area contributed by atoms with Gasteiger partial charge in [-0.05, 0) is 57.9 Å². The van der Waals surface area contributed by atoms with Crippen LogP contribution in [0.4, 0.5) is 10.1 Å². The Morgan fingerprint density at radius 3 is 2.53 bits per heavy atom. The van der Waals surface area contributed by atoms with Gasteiger partial charge in [0.05, 0.1) is 0 Å². The van der Waals surface area contributed by atoms with Crippen LogP contribution in [0.5, 0.6) is 0 Å². The lowest BCUT2D eigenvalue weighted by Crippen LogP contribution is -2.04. The number of hydrogen-bond acceptors (Lipinski definition) is 2. The van der Waals surface area contributed by atoms with Crippen molar-refractivity contribution in [2.45, 2.75) is 6.42 Å². The molecular formula is C14H10Br2FNO. The van der Waals surface area contributed by atoms with Crippen molar-refractivity contribution >= 4 is 43.3 Å². The van der Waals surface area contributed by atoms with Crippen LogP contribution in [0.1, 0.15) is 15.9 Å². The molecule has 0 bridgehead atoms. The first-order chi connectivity index (χ1) is 8.95. The number of ketones is 1. The van der Waals surface area contributed by atoms with Crippen LogP contribution in [0, 0.1) is 5.82 Å². The maximum Gasteiger partial charge on any atom is 0.167 e. The minimum atomic E-state index is -0.365. The van der Waals surface area contributed by atoms with Gasteiger partial charge in [0, 0.05) is 26.6 Å². The molecule has 5 heteroatoms. The summed E-state index contributed by atoms with van der Waals surface area (Å²) in [6.45, 7) is 0. The molecule has 98 valence electrons. The van der Waals surface area contributed by atoms with Crippen molar-refractivity contribution in [3.63, 3.8) is 0 Å². The summed E-state index contributed by atoms with van der Waals surface area (Å²) in [6, 6.07) is 9.44. The lowest BCUT2D eigenvalue weighted by Gasteiger charge is -2.05. The first-order valence-electron chi connectivity index (χ1n) is 5.49. The summed E-state index contributed by atoms with van der Waals surface area (Å²) >= 11 is 6.48. The zero-order valence-electron chi connectivity index (χ0n) is 9.79. The number of nitrogen functional groups attached to an aromatic ring is 1. The predicted molar refractivity (Wildman–Crippen MR) is 80.7 cm³/mol. The molecule has 0 saturated carbocycles. The van der Waals surface area contributed by atoms with Crippen LogP contribution < -0.4 is 5.73 Å². The molecule has 0 aliphatic rings. The van der Waals surface area contributed by atoms with Gasteiger partial charge in [0.15, 0.2) is 5.78 Å². The van der Waals surface area contributed by atoms with Crippen molar-refractivity contribution in [2.24, 2.45) is 0 Å². The molecule has 0 spiro atoms. The van der Waals surface area contributed by atoms with E-state index in [4.69, 9.17) is 5.73 Å². The molecule has 0 atom stereocenters.